The fourth-order valence-electron chi connectivity index (χ4n) is 2.98. The van der Waals surface area contributed by atoms with E-state index in [-0.39, 0.29) is 0 Å². The monoisotopic (exact) mass is 243 g/mol. The van der Waals surface area contributed by atoms with Gasteiger partial charge in [0.15, 0.2) is 0 Å². The lowest BCUT2D eigenvalue weighted by molar-refractivity contribution is 0.579. The van der Waals surface area contributed by atoms with Crippen molar-refractivity contribution >= 4 is 16.6 Å². The summed E-state index contributed by atoms with van der Waals surface area (Å²) in [6.45, 7) is 3.48. The van der Waals surface area contributed by atoms with Gasteiger partial charge in [-0.3, -0.25) is 0 Å². The summed E-state index contributed by atoms with van der Waals surface area (Å²) in [6, 6.07) is 8.63. The van der Waals surface area contributed by atoms with Crippen LogP contribution in [0.2, 0.25) is 0 Å². The van der Waals surface area contributed by atoms with Gasteiger partial charge in [0.1, 0.15) is 0 Å². The topological polar surface area (TPSA) is 20.2 Å². The summed E-state index contributed by atoms with van der Waals surface area (Å²) < 4.78 is 2.22. The van der Waals surface area contributed by atoms with Crippen LogP contribution in [-0.4, -0.2) is 31.2 Å². The molecule has 1 aliphatic heterocycles. The second-order valence-corrected chi connectivity index (χ2v) is 5.38. The first-order valence-electron chi connectivity index (χ1n) is 6.71. The third-order valence-corrected chi connectivity index (χ3v) is 3.98. The summed E-state index contributed by atoms with van der Waals surface area (Å²) in [5.41, 5.74) is 2.66. The molecule has 0 aliphatic carbocycles. The fourth-order valence-corrected chi connectivity index (χ4v) is 2.98. The first kappa shape index (κ1) is 11.6. The van der Waals surface area contributed by atoms with E-state index in [1.54, 1.807) is 0 Å². The largest absolute Gasteiger partial charge is 0.373 e. The quantitative estimate of drug-likeness (QED) is 0.892. The lowest BCUT2D eigenvalue weighted by Gasteiger charge is -2.22. The zero-order chi connectivity index (χ0) is 12.5. The molecule has 1 unspecified atom stereocenters. The van der Waals surface area contributed by atoms with Gasteiger partial charge in [-0.25, -0.2) is 0 Å². The molecule has 1 atom stereocenters. The molecule has 1 N–H and O–H groups in total. The highest BCUT2D eigenvalue weighted by atomic mass is 15.1. The van der Waals surface area contributed by atoms with Crippen molar-refractivity contribution in [3.05, 3.63) is 30.5 Å². The number of rotatable bonds is 3. The molecule has 18 heavy (non-hydrogen) atoms. The molecule has 1 fully saturated rings. The molecular weight excluding hydrogens is 222 g/mol. The summed E-state index contributed by atoms with van der Waals surface area (Å²) in [5.74, 6) is 0.786. The summed E-state index contributed by atoms with van der Waals surface area (Å²) in [7, 11) is 4.33. The van der Waals surface area contributed by atoms with E-state index < -0.39 is 0 Å². The molecule has 0 spiro atoms. The van der Waals surface area contributed by atoms with Gasteiger partial charge < -0.3 is 14.8 Å². The molecule has 1 saturated heterocycles. The van der Waals surface area contributed by atoms with Crippen LogP contribution in [-0.2, 0) is 7.05 Å². The van der Waals surface area contributed by atoms with Gasteiger partial charge in [0.25, 0.3) is 0 Å². The molecule has 1 aromatic heterocycles. The fraction of sp³-hybridized carbons (Fsp3) is 0.467. The molecule has 2 heterocycles. The van der Waals surface area contributed by atoms with Crippen LogP contribution in [0, 0.1) is 5.92 Å². The molecule has 0 bridgehead atoms. The average molecular weight is 243 g/mol. The van der Waals surface area contributed by atoms with Gasteiger partial charge in [-0.05, 0) is 31.5 Å². The Bertz CT molecular complexity index is 538. The van der Waals surface area contributed by atoms with Crippen LogP contribution in [0.25, 0.3) is 10.9 Å². The van der Waals surface area contributed by atoms with Crippen LogP contribution in [0.15, 0.2) is 30.5 Å². The Morgan fingerprint density at radius 2 is 2.22 bits per heavy atom. The predicted molar refractivity (Wildman–Crippen MR) is 77.2 cm³/mol. The van der Waals surface area contributed by atoms with Crippen LogP contribution in [0.1, 0.15) is 6.42 Å². The minimum Gasteiger partial charge on any atom is -0.373 e. The van der Waals surface area contributed by atoms with Crippen molar-refractivity contribution in [1.29, 1.82) is 0 Å². The Morgan fingerprint density at radius 3 is 3.00 bits per heavy atom. The molecule has 3 heteroatoms. The summed E-state index contributed by atoms with van der Waals surface area (Å²) in [4.78, 5) is 2.40. The summed E-state index contributed by atoms with van der Waals surface area (Å²) in [6.07, 6.45) is 3.54. The average Bonchev–Trinajstić information content (AvgIpc) is 2.98. The number of nitrogens with one attached hydrogen (secondary N) is 1. The minimum absolute atomic E-state index is 0.786. The van der Waals surface area contributed by atoms with Crippen molar-refractivity contribution in [3.63, 3.8) is 0 Å². The first-order valence-corrected chi connectivity index (χ1v) is 6.71. The van der Waals surface area contributed by atoms with E-state index in [0.29, 0.717) is 0 Å². The zero-order valence-electron chi connectivity index (χ0n) is 11.2. The number of benzene rings is 1. The maximum Gasteiger partial charge on any atom is 0.0623 e. The minimum atomic E-state index is 0.786. The predicted octanol–water partition coefficient (Wildman–Crippen LogP) is 2.22. The Morgan fingerprint density at radius 1 is 1.39 bits per heavy atom. The lowest BCUT2D eigenvalue weighted by Crippen LogP contribution is -2.26. The van der Waals surface area contributed by atoms with E-state index >= 15 is 0 Å². The number of anilines is 1. The Balaban J connectivity index is 1.88. The van der Waals surface area contributed by atoms with Crippen molar-refractivity contribution in [2.24, 2.45) is 13.0 Å². The van der Waals surface area contributed by atoms with Crippen LogP contribution >= 0.6 is 0 Å². The van der Waals surface area contributed by atoms with E-state index in [9.17, 15) is 0 Å². The van der Waals surface area contributed by atoms with Crippen molar-refractivity contribution in [1.82, 2.24) is 9.88 Å². The molecule has 3 rings (SSSR count). The van der Waals surface area contributed by atoms with Crippen molar-refractivity contribution in [3.8, 4) is 0 Å². The molecule has 3 nitrogen and oxygen atoms in total. The van der Waals surface area contributed by atoms with Gasteiger partial charge in [0, 0.05) is 37.7 Å². The van der Waals surface area contributed by atoms with Crippen molar-refractivity contribution in [2.45, 2.75) is 6.42 Å². The number of para-hydroxylation sites is 1. The van der Waals surface area contributed by atoms with E-state index in [1.807, 2.05) is 0 Å². The van der Waals surface area contributed by atoms with Gasteiger partial charge in [-0.1, -0.05) is 18.2 Å². The number of hydrogen-bond donors (Lipinski definition) is 1. The van der Waals surface area contributed by atoms with Crippen LogP contribution in [0.3, 0.4) is 0 Å². The highest BCUT2D eigenvalue weighted by Gasteiger charge is 2.18. The highest BCUT2D eigenvalue weighted by Crippen LogP contribution is 2.28. The molecule has 0 saturated carbocycles. The highest BCUT2D eigenvalue weighted by molar-refractivity contribution is 5.93. The standard InChI is InChI=1S/C15H21N3/c1-17(10-12-7-8-16-9-12)15-11-18(2)14-6-4-3-5-13(14)15/h3-6,11-12,16H,7-10H2,1-2H3. The van der Waals surface area contributed by atoms with Crippen LogP contribution in [0.4, 0.5) is 5.69 Å². The van der Waals surface area contributed by atoms with Crippen LogP contribution in [0.5, 0.6) is 0 Å². The van der Waals surface area contributed by atoms with Gasteiger partial charge >= 0.3 is 0 Å². The van der Waals surface area contributed by atoms with Crippen molar-refractivity contribution < 1.29 is 0 Å². The third-order valence-electron chi connectivity index (χ3n) is 3.98. The van der Waals surface area contributed by atoms with Gasteiger partial charge in [0.05, 0.1) is 5.69 Å². The number of aryl methyl sites for hydroxylation is 1. The summed E-state index contributed by atoms with van der Waals surface area (Å²) in [5, 5.41) is 4.79. The smallest absolute Gasteiger partial charge is 0.0623 e. The van der Waals surface area contributed by atoms with E-state index in [4.69, 9.17) is 0 Å². The number of fused-ring (bicyclic) bond motifs is 1. The van der Waals surface area contributed by atoms with Gasteiger partial charge in [0.2, 0.25) is 0 Å². The number of aromatic nitrogens is 1. The molecular formula is C15H21N3. The molecule has 2 aromatic rings. The molecule has 0 radical (unpaired) electrons. The van der Waals surface area contributed by atoms with Gasteiger partial charge in [-0.2, -0.15) is 0 Å². The van der Waals surface area contributed by atoms with E-state index in [0.717, 1.165) is 19.0 Å². The molecule has 0 amide bonds. The van der Waals surface area contributed by atoms with E-state index in [2.05, 4.69) is 59.3 Å². The van der Waals surface area contributed by atoms with E-state index in [1.165, 1.54) is 29.6 Å². The maximum atomic E-state index is 3.44. The second-order valence-electron chi connectivity index (χ2n) is 5.38. The van der Waals surface area contributed by atoms with Gasteiger partial charge in [-0.15, -0.1) is 0 Å². The first-order chi connectivity index (χ1) is 8.75. The number of nitrogens with zero attached hydrogens (tertiary/aromatic N) is 2. The van der Waals surface area contributed by atoms with Crippen molar-refractivity contribution in [2.75, 3.05) is 31.6 Å². The zero-order valence-corrected chi connectivity index (χ0v) is 11.2. The molecule has 1 aromatic carbocycles. The lowest BCUT2D eigenvalue weighted by atomic mass is 10.1. The second kappa shape index (κ2) is 4.65. The van der Waals surface area contributed by atoms with Crippen LogP contribution < -0.4 is 10.2 Å². The normalized spacial score (nSPS) is 19.6. The molecule has 96 valence electrons. The molecule has 1 aliphatic rings. The Hall–Kier alpha value is -1.48. The summed E-state index contributed by atoms with van der Waals surface area (Å²) >= 11 is 0. The Labute approximate surface area is 108 Å². The SMILES string of the molecule is CN(CC1CCNC1)c1cn(C)c2ccccc12. The Kier molecular flexibility index (Phi) is 3.00. The third kappa shape index (κ3) is 1.99. The number of hydrogen-bond acceptors (Lipinski definition) is 2. The maximum absolute atomic E-state index is 3.44.